The molecular weight excluding hydrogens is 421 g/mol. The minimum atomic E-state index is 0. The molecule has 3 aliphatic rings. The topological polar surface area (TPSA) is 45.6 Å². The highest BCUT2D eigenvalue weighted by Crippen LogP contribution is 2.54. The zero-order valence-corrected chi connectivity index (χ0v) is 17.6. The van der Waals surface area contributed by atoms with Crippen LogP contribution < -0.4 is 10.6 Å². The number of hydrogen-bond donors (Lipinski definition) is 2. The molecule has 1 aliphatic heterocycles. The van der Waals surface area contributed by atoms with E-state index in [4.69, 9.17) is 4.74 Å². The van der Waals surface area contributed by atoms with E-state index in [9.17, 15) is 0 Å². The van der Waals surface area contributed by atoms with E-state index in [0.717, 1.165) is 30.8 Å². The van der Waals surface area contributed by atoms with Gasteiger partial charge in [-0.15, -0.1) is 24.0 Å². The fraction of sp³-hybridized carbons (Fsp3) is 0.941. The van der Waals surface area contributed by atoms with Gasteiger partial charge in [0.1, 0.15) is 0 Å². The molecule has 3 fully saturated rings. The van der Waals surface area contributed by atoms with Crippen LogP contribution in [-0.2, 0) is 4.74 Å². The van der Waals surface area contributed by atoms with Crippen LogP contribution >= 0.6 is 35.7 Å². The first kappa shape index (κ1) is 19.6. The Labute approximate surface area is 162 Å². The molecule has 1 saturated heterocycles. The molecule has 3 rings (SSSR count). The van der Waals surface area contributed by atoms with Crippen molar-refractivity contribution >= 4 is 41.7 Å². The highest BCUT2D eigenvalue weighted by Gasteiger charge is 2.56. The number of nitrogens with one attached hydrogen (secondary N) is 2. The van der Waals surface area contributed by atoms with E-state index in [-0.39, 0.29) is 24.0 Å². The Morgan fingerprint density at radius 1 is 1.30 bits per heavy atom. The molecule has 134 valence electrons. The van der Waals surface area contributed by atoms with Crippen molar-refractivity contribution in [3.05, 3.63) is 0 Å². The molecule has 3 unspecified atom stereocenters. The van der Waals surface area contributed by atoms with Crippen molar-refractivity contribution in [1.82, 2.24) is 10.6 Å². The van der Waals surface area contributed by atoms with Gasteiger partial charge in [0.2, 0.25) is 0 Å². The first-order valence-electron chi connectivity index (χ1n) is 8.99. The summed E-state index contributed by atoms with van der Waals surface area (Å²) in [4.78, 5) is 4.44. The molecule has 0 radical (unpaired) electrons. The largest absolute Gasteiger partial charge is 0.378 e. The molecule has 23 heavy (non-hydrogen) atoms. The highest BCUT2D eigenvalue weighted by atomic mass is 127. The van der Waals surface area contributed by atoms with Crippen LogP contribution in [0.15, 0.2) is 4.99 Å². The highest BCUT2D eigenvalue weighted by molar-refractivity contribution is 14.0. The van der Waals surface area contributed by atoms with Crippen LogP contribution in [0.2, 0.25) is 0 Å². The van der Waals surface area contributed by atoms with E-state index in [1.807, 2.05) is 7.05 Å². The maximum Gasteiger partial charge on any atom is 0.191 e. The summed E-state index contributed by atoms with van der Waals surface area (Å²) in [5, 5.41) is 8.00. The van der Waals surface area contributed by atoms with Gasteiger partial charge in [0.15, 0.2) is 5.96 Å². The molecule has 0 aromatic rings. The number of halogens is 1. The van der Waals surface area contributed by atoms with Gasteiger partial charge in [-0.25, -0.2) is 0 Å². The van der Waals surface area contributed by atoms with Crippen LogP contribution in [0, 0.1) is 5.41 Å². The maximum atomic E-state index is 6.00. The second-order valence-electron chi connectivity index (χ2n) is 6.91. The standard InChI is InChI=1S/C17H31N3OS.HI/c1-3-21-15-11-14(17(15)8-4-5-9-17)20-16(18-2)19-12-13-7-6-10-22-13;/h13-15H,3-12H2,1-2H3,(H2,18,19,20);1H. The molecule has 6 heteroatoms. The van der Waals surface area contributed by atoms with Crippen molar-refractivity contribution in [2.75, 3.05) is 26.0 Å². The zero-order chi connectivity index (χ0) is 15.4. The van der Waals surface area contributed by atoms with Gasteiger partial charge in [-0.2, -0.15) is 11.8 Å². The predicted molar refractivity (Wildman–Crippen MR) is 110 cm³/mol. The van der Waals surface area contributed by atoms with Crippen LogP contribution in [0.1, 0.15) is 51.9 Å². The Morgan fingerprint density at radius 2 is 2.09 bits per heavy atom. The number of ether oxygens (including phenoxy) is 1. The van der Waals surface area contributed by atoms with Crippen molar-refractivity contribution in [2.24, 2.45) is 10.4 Å². The molecule has 1 heterocycles. The van der Waals surface area contributed by atoms with Crippen molar-refractivity contribution in [1.29, 1.82) is 0 Å². The van der Waals surface area contributed by atoms with Crippen LogP contribution in [-0.4, -0.2) is 49.3 Å². The summed E-state index contributed by atoms with van der Waals surface area (Å²) in [6, 6.07) is 0.536. The van der Waals surface area contributed by atoms with Gasteiger partial charge in [-0.3, -0.25) is 4.99 Å². The lowest BCUT2D eigenvalue weighted by atomic mass is 9.60. The summed E-state index contributed by atoms with van der Waals surface area (Å²) in [6.07, 6.45) is 9.63. The summed E-state index contributed by atoms with van der Waals surface area (Å²) in [6.45, 7) is 3.99. The second-order valence-corrected chi connectivity index (χ2v) is 8.31. The Morgan fingerprint density at radius 3 is 2.70 bits per heavy atom. The summed E-state index contributed by atoms with van der Waals surface area (Å²) >= 11 is 2.09. The van der Waals surface area contributed by atoms with Gasteiger partial charge < -0.3 is 15.4 Å². The number of rotatable bonds is 5. The number of hydrogen-bond acceptors (Lipinski definition) is 3. The first-order chi connectivity index (χ1) is 10.8. The predicted octanol–water partition coefficient (Wildman–Crippen LogP) is 3.40. The molecule has 4 nitrogen and oxygen atoms in total. The molecule has 1 spiro atoms. The first-order valence-corrected chi connectivity index (χ1v) is 10.0. The smallest absolute Gasteiger partial charge is 0.191 e. The Hall–Kier alpha value is 0.310. The van der Waals surface area contributed by atoms with Gasteiger partial charge >= 0.3 is 0 Å². The van der Waals surface area contributed by atoms with Gasteiger partial charge in [0.25, 0.3) is 0 Å². The van der Waals surface area contributed by atoms with Crippen LogP contribution in [0.4, 0.5) is 0 Å². The summed E-state index contributed by atoms with van der Waals surface area (Å²) in [5.41, 5.74) is 0.371. The van der Waals surface area contributed by atoms with Gasteiger partial charge in [-0.1, -0.05) is 12.8 Å². The molecular formula is C17H32IN3OS. The van der Waals surface area contributed by atoms with E-state index in [0.29, 0.717) is 17.6 Å². The van der Waals surface area contributed by atoms with E-state index < -0.39 is 0 Å². The lowest BCUT2D eigenvalue weighted by Crippen LogP contribution is -2.65. The summed E-state index contributed by atoms with van der Waals surface area (Å²) < 4.78 is 6.00. The summed E-state index contributed by atoms with van der Waals surface area (Å²) in [7, 11) is 1.89. The second kappa shape index (κ2) is 9.13. The van der Waals surface area contributed by atoms with E-state index in [1.54, 1.807) is 0 Å². The quantitative estimate of drug-likeness (QED) is 0.381. The maximum absolute atomic E-state index is 6.00. The lowest BCUT2D eigenvalue weighted by Gasteiger charge is -2.54. The van der Waals surface area contributed by atoms with Crippen molar-refractivity contribution in [2.45, 2.75) is 69.3 Å². The molecule has 0 aromatic carbocycles. The number of nitrogens with zero attached hydrogens (tertiary/aromatic N) is 1. The number of thioether (sulfide) groups is 1. The van der Waals surface area contributed by atoms with Crippen molar-refractivity contribution in [3.8, 4) is 0 Å². The summed E-state index contributed by atoms with van der Waals surface area (Å²) in [5.74, 6) is 2.30. The third-order valence-corrected chi connectivity index (χ3v) is 7.14. The minimum Gasteiger partial charge on any atom is -0.378 e. The molecule has 0 amide bonds. The fourth-order valence-electron chi connectivity index (χ4n) is 4.46. The minimum absolute atomic E-state index is 0. The van der Waals surface area contributed by atoms with Crippen molar-refractivity contribution in [3.63, 3.8) is 0 Å². The Balaban J connectivity index is 0.00000192. The lowest BCUT2D eigenvalue weighted by molar-refractivity contribution is -0.125. The Bertz CT molecular complexity index is 395. The van der Waals surface area contributed by atoms with Gasteiger partial charge in [0.05, 0.1) is 6.10 Å². The average Bonchev–Trinajstić information content (AvgIpc) is 3.21. The molecule has 3 atom stereocenters. The van der Waals surface area contributed by atoms with Crippen LogP contribution in [0.3, 0.4) is 0 Å². The van der Waals surface area contributed by atoms with Crippen LogP contribution in [0.25, 0.3) is 0 Å². The molecule has 2 N–H and O–H groups in total. The molecule has 2 aliphatic carbocycles. The average molecular weight is 453 g/mol. The normalized spacial score (nSPS) is 32.4. The number of guanidine groups is 1. The van der Waals surface area contributed by atoms with E-state index in [2.05, 4.69) is 34.3 Å². The molecule has 0 bridgehead atoms. The van der Waals surface area contributed by atoms with E-state index in [1.165, 1.54) is 44.3 Å². The molecule has 0 aromatic heterocycles. The zero-order valence-electron chi connectivity index (χ0n) is 14.5. The van der Waals surface area contributed by atoms with Gasteiger partial charge in [-0.05, 0) is 44.8 Å². The number of aliphatic imine (C=N–C) groups is 1. The van der Waals surface area contributed by atoms with Gasteiger partial charge in [0, 0.05) is 36.9 Å². The fourth-order valence-corrected chi connectivity index (χ4v) is 5.67. The van der Waals surface area contributed by atoms with E-state index >= 15 is 0 Å². The van der Waals surface area contributed by atoms with Crippen molar-refractivity contribution < 1.29 is 4.74 Å². The molecule has 2 saturated carbocycles. The monoisotopic (exact) mass is 453 g/mol. The Kier molecular flexibility index (Phi) is 7.79. The van der Waals surface area contributed by atoms with Crippen LogP contribution in [0.5, 0.6) is 0 Å². The third-order valence-electron chi connectivity index (χ3n) is 5.74. The SMILES string of the molecule is CCOC1CC(NC(=NC)NCC2CCCS2)C12CCCC2.I. The third kappa shape index (κ3) is 4.29.